The highest BCUT2D eigenvalue weighted by Crippen LogP contribution is 2.25. The average molecular weight is 334 g/mol. The molecule has 0 unspecified atom stereocenters. The highest BCUT2D eigenvalue weighted by Gasteiger charge is 2.23. The van der Waals surface area contributed by atoms with Crippen molar-refractivity contribution in [3.05, 3.63) is 28.7 Å². The maximum atomic E-state index is 10.8. The van der Waals surface area contributed by atoms with Crippen molar-refractivity contribution in [3.63, 3.8) is 0 Å². The molecule has 1 aromatic rings. The maximum Gasteiger partial charge on any atom is 0.274 e. The van der Waals surface area contributed by atoms with Crippen molar-refractivity contribution >= 4 is 31.8 Å². The van der Waals surface area contributed by atoms with Crippen LogP contribution < -0.4 is 14.8 Å². The van der Waals surface area contributed by atoms with Crippen molar-refractivity contribution in [3.8, 4) is 0 Å². The van der Waals surface area contributed by atoms with Crippen molar-refractivity contribution in [1.29, 1.82) is 0 Å². The molecule has 0 spiro atoms. The van der Waals surface area contributed by atoms with Crippen LogP contribution in [-0.4, -0.2) is 28.1 Å². The van der Waals surface area contributed by atoms with Crippen LogP contribution in [0.4, 0.5) is 5.69 Å². The number of halogens is 1. The lowest BCUT2D eigenvalue weighted by molar-refractivity contribution is 0.542. The monoisotopic (exact) mass is 333 g/mol. The topological polar surface area (TPSA) is 75.4 Å². The lowest BCUT2D eigenvalue weighted by Gasteiger charge is -2.19. The lowest BCUT2D eigenvalue weighted by Crippen LogP contribution is -2.35. The fourth-order valence-electron chi connectivity index (χ4n) is 2.14. The van der Waals surface area contributed by atoms with Crippen LogP contribution in [0, 0.1) is 5.92 Å². The first kappa shape index (κ1) is 13.8. The molecule has 3 N–H and O–H groups in total. The van der Waals surface area contributed by atoms with Crippen LogP contribution in [0.1, 0.15) is 6.42 Å². The maximum absolute atomic E-state index is 10.8. The van der Waals surface area contributed by atoms with Gasteiger partial charge >= 0.3 is 0 Å². The van der Waals surface area contributed by atoms with Crippen LogP contribution in [0.3, 0.4) is 0 Å². The number of benzene rings is 1. The molecule has 1 aliphatic rings. The van der Waals surface area contributed by atoms with Crippen LogP contribution in [0.2, 0.25) is 0 Å². The van der Waals surface area contributed by atoms with Crippen molar-refractivity contribution < 1.29 is 8.42 Å². The number of anilines is 1. The first-order chi connectivity index (χ1) is 8.44. The van der Waals surface area contributed by atoms with Gasteiger partial charge in [-0.1, -0.05) is 22.0 Å². The molecule has 1 aromatic carbocycles. The standard InChI is InChI=1S/C11H16BrN3O2S/c12-10-2-1-3-11(6-10)15-5-4-9(8-15)7-14-18(13,16)17/h1-3,6,9,14H,4-5,7-8H2,(H2,13,16,17)/t9-/m0/s1. The van der Waals surface area contributed by atoms with Crippen molar-refractivity contribution in [1.82, 2.24) is 4.72 Å². The van der Waals surface area contributed by atoms with E-state index in [9.17, 15) is 8.42 Å². The predicted octanol–water partition coefficient (Wildman–Crippen LogP) is 1.07. The molecule has 0 radical (unpaired) electrons. The summed E-state index contributed by atoms with van der Waals surface area (Å²) in [6.45, 7) is 2.19. The van der Waals surface area contributed by atoms with E-state index in [4.69, 9.17) is 5.14 Å². The lowest BCUT2D eigenvalue weighted by atomic mass is 10.1. The van der Waals surface area contributed by atoms with Gasteiger partial charge in [0.1, 0.15) is 0 Å². The van der Waals surface area contributed by atoms with Gasteiger partial charge in [0.25, 0.3) is 10.2 Å². The Morgan fingerprint density at radius 2 is 2.28 bits per heavy atom. The number of nitrogens with one attached hydrogen (secondary N) is 1. The Balaban J connectivity index is 1.92. The molecular weight excluding hydrogens is 318 g/mol. The first-order valence-electron chi connectivity index (χ1n) is 5.72. The molecule has 2 rings (SSSR count). The molecule has 5 nitrogen and oxygen atoms in total. The highest BCUT2D eigenvalue weighted by atomic mass is 79.9. The second kappa shape index (κ2) is 5.56. The molecule has 1 heterocycles. The molecule has 1 fully saturated rings. The van der Waals surface area contributed by atoms with E-state index in [1.807, 2.05) is 12.1 Å². The third-order valence-corrected chi connectivity index (χ3v) is 4.09. The van der Waals surface area contributed by atoms with E-state index >= 15 is 0 Å². The van der Waals surface area contributed by atoms with E-state index in [0.29, 0.717) is 12.5 Å². The van der Waals surface area contributed by atoms with Crippen molar-refractivity contribution in [2.45, 2.75) is 6.42 Å². The molecule has 18 heavy (non-hydrogen) atoms. The smallest absolute Gasteiger partial charge is 0.274 e. The molecule has 100 valence electrons. The summed E-state index contributed by atoms with van der Waals surface area (Å²) in [5, 5.41) is 4.92. The molecular formula is C11H16BrN3O2S. The van der Waals surface area contributed by atoms with E-state index in [1.165, 1.54) is 0 Å². The highest BCUT2D eigenvalue weighted by molar-refractivity contribution is 9.10. The van der Waals surface area contributed by atoms with Gasteiger partial charge in [-0.2, -0.15) is 8.42 Å². The van der Waals surface area contributed by atoms with Gasteiger partial charge in [0.05, 0.1) is 0 Å². The Kier molecular flexibility index (Phi) is 4.26. The number of hydrogen-bond acceptors (Lipinski definition) is 3. The van der Waals surface area contributed by atoms with Crippen molar-refractivity contribution in [2.75, 3.05) is 24.5 Å². The zero-order valence-corrected chi connectivity index (χ0v) is 12.2. The zero-order valence-electron chi connectivity index (χ0n) is 9.84. The Morgan fingerprint density at radius 3 is 2.94 bits per heavy atom. The third-order valence-electron chi connectivity index (χ3n) is 3.03. The summed E-state index contributed by atoms with van der Waals surface area (Å²) in [4.78, 5) is 2.25. The summed E-state index contributed by atoms with van der Waals surface area (Å²) in [5.74, 6) is 0.308. The van der Waals surface area contributed by atoms with Gasteiger partial charge in [-0.3, -0.25) is 0 Å². The Labute approximate surface area is 116 Å². The molecule has 0 aromatic heterocycles. The minimum absolute atomic E-state index is 0.308. The van der Waals surface area contributed by atoms with Gasteiger partial charge in [0.15, 0.2) is 0 Å². The summed E-state index contributed by atoms with van der Waals surface area (Å²) in [5.41, 5.74) is 1.16. The largest absolute Gasteiger partial charge is 0.371 e. The minimum atomic E-state index is -3.58. The van der Waals surface area contributed by atoms with Crippen LogP contribution in [0.15, 0.2) is 28.7 Å². The summed E-state index contributed by atoms with van der Waals surface area (Å²) in [6, 6.07) is 8.10. The van der Waals surface area contributed by atoms with Crippen LogP contribution in [0.25, 0.3) is 0 Å². The van der Waals surface area contributed by atoms with Gasteiger partial charge in [0.2, 0.25) is 0 Å². The van der Waals surface area contributed by atoms with Crippen LogP contribution in [-0.2, 0) is 10.2 Å². The van der Waals surface area contributed by atoms with Gasteiger partial charge in [0, 0.05) is 29.8 Å². The second-order valence-corrected chi connectivity index (χ2v) is 6.77. The fourth-order valence-corrected chi connectivity index (χ4v) is 3.00. The average Bonchev–Trinajstić information content (AvgIpc) is 2.74. The van der Waals surface area contributed by atoms with E-state index in [2.05, 4.69) is 37.7 Å². The van der Waals surface area contributed by atoms with E-state index in [1.54, 1.807) is 0 Å². The SMILES string of the molecule is NS(=O)(=O)NC[C@@H]1CCN(c2cccc(Br)c2)C1. The molecule has 1 saturated heterocycles. The summed E-state index contributed by atoms with van der Waals surface area (Å²) in [7, 11) is -3.58. The van der Waals surface area contributed by atoms with Crippen molar-refractivity contribution in [2.24, 2.45) is 11.1 Å². The molecule has 0 aliphatic carbocycles. The number of nitrogens with zero attached hydrogens (tertiary/aromatic N) is 1. The normalized spacial score (nSPS) is 20.3. The van der Waals surface area contributed by atoms with Gasteiger partial charge < -0.3 is 4.90 Å². The predicted molar refractivity (Wildman–Crippen MR) is 75.6 cm³/mol. The molecule has 1 atom stereocenters. The van der Waals surface area contributed by atoms with E-state index < -0.39 is 10.2 Å². The van der Waals surface area contributed by atoms with Crippen LogP contribution >= 0.6 is 15.9 Å². The summed E-state index contributed by atoms with van der Waals surface area (Å²) < 4.78 is 25.1. The van der Waals surface area contributed by atoms with E-state index in [-0.39, 0.29) is 0 Å². The van der Waals surface area contributed by atoms with Gasteiger partial charge in [-0.25, -0.2) is 9.86 Å². The van der Waals surface area contributed by atoms with Gasteiger partial charge in [-0.05, 0) is 30.5 Å². The molecule has 1 aliphatic heterocycles. The van der Waals surface area contributed by atoms with E-state index in [0.717, 1.165) is 29.7 Å². The quantitative estimate of drug-likeness (QED) is 0.865. The Morgan fingerprint density at radius 1 is 1.50 bits per heavy atom. The first-order valence-corrected chi connectivity index (χ1v) is 8.06. The molecule has 0 bridgehead atoms. The molecule has 7 heteroatoms. The Hall–Kier alpha value is -0.630. The van der Waals surface area contributed by atoms with Crippen LogP contribution in [0.5, 0.6) is 0 Å². The third kappa shape index (κ3) is 3.94. The number of rotatable bonds is 4. The zero-order chi connectivity index (χ0) is 13.2. The molecule has 0 amide bonds. The minimum Gasteiger partial charge on any atom is -0.371 e. The number of nitrogens with two attached hydrogens (primary N) is 1. The number of hydrogen-bond donors (Lipinski definition) is 2. The fraction of sp³-hybridized carbons (Fsp3) is 0.455. The summed E-state index contributed by atoms with van der Waals surface area (Å²) in [6.07, 6.45) is 0.967. The molecule has 0 saturated carbocycles. The second-order valence-electron chi connectivity index (χ2n) is 4.47. The summed E-state index contributed by atoms with van der Waals surface area (Å²) >= 11 is 3.45. The van der Waals surface area contributed by atoms with Gasteiger partial charge in [-0.15, -0.1) is 0 Å². The Bertz CT molecular complexity index is 521.